The third-order valence-corrected chi connectivity index (χ3v) is 2.82. The zero-order valence-corrected chi connectivity index (χ0v) is 9.54. The molecule has 0 saturated carbocycles. The zero-order chi connectivity index (χ0) is 11.5. The van der Waals surface area contributed by atoms with Crippen molar-refractivity contribution in [3.8, 4) is 0 Å². The molecule has 3 rings (SSSR count). The van der Waals surface area contributed by atoms with Crippen molar-refractivity contribution in [2.75, 3.05) is 13.2 Å². The molecule has 2 heterocycles. The molecule has 0 atom stereocenters. The van der Waals surface area contributed by atoms with Crippen LogP contribution in [-0.2, 0) is 11.3 Å². The minimum absolute atomic E-state index is 0.709. The number of rotatable bonds is 3. The Morgan fingerprint density at radius 3 is 2.53 bits per heavy atom. The maximum atomic E-state index is 5.43. The summed E-state index contributed by atoms with van der Waals surface area (Å²) in [6.45, 7) is 2.39. The molecule has 0 bridgehead atoms. The van der Waals surface area contributed by atoms with Gasteiger partial charge in [0.15, 0.2) is 0 Å². The van der Waals surface area contributed by atoms with Crippen LogP contribution in [0.15, 0.2) is 53.8 Å². The molecule has 2 aromatic rings. The number of ether oxygens (including phenoxy) is 1. The Morgan fingerprint density at radius 2 is 1.88 bits per heavy atom. The van der Waals surface area contributed by atoms with Gasteiger partial charge in [0, 0.05) is 24.5 Å². The van der Waals surface area contributed by atoms with Gasteiger partial charge in [-0.3, -0.25) is 0 Å². The van der Waals surface area contributed by atoms with Crippen LogP contribution in [0.1, 0.15) is 11.1 Å². The molecular weight excluding hydrogens is 212 g/mol. The van der Waals surface area contributed by atoms with Gasteiger partial charge in [0.05, 0.1) is 6.54 Å². The van der Waals surface area contributed by atoms with Gasteiger partial charge in [0.1, 0.15) is 6.61 Å². The maximum absolute atomic E-state index is 5.43. The lowest BCUT2D eigenvalue weighted by Crippen LogP contribution is -2.02. The van der Waals surface area contributed by atoms with E-state index < -0.39 is 0 Å². The standard InChI is InChI=1S/C14H14N2O/c1-2-9-16(8-1)11-12-3-5-13(6-4-12)14-15-7-10-17-14/h1-6,8-9H,7,10-11H2. The molecule has 86 valence electrons. The molecule has 0 spiro atoms. The number of aliphatic imine (C=N–C) groups is 1. The summed E-state index contributed by atoms with van der Waals surface area (Å²) in [7, 11) is 0. The number of nitrogens with zero attached hydrogens (tertiary/aromatic N) is 2. The lowest BCUT2D eigenvalue weighted by molar-refractivity contribution is 0.348. The minimum Gasteiger partial charge on any atom is -0.476 e. The van der Waals surface area contributed by atoms with Crippen LogP contribution in [0.3, 0.4) is 0 Å². The number of hydrogen-bond acceptors (Lipinski definition) is 2. The Morgan fingerprint density at radius 1 is 1.12 bits per heavy atom. The average Bonchev–Trinajstić information content (AvgIpc) is 3.01. The van der Waals surface area contributed by atoms with Crippen molar-refractivity contribution in [1.82, 2.24) is 4.57 Å². The summed E-state index contributed by atoms with van der Waals surface area (Å²) >= 11 is 0. The monoisotopic (exact) mass is 226 g/mol. The fourth-order valence-corrected chi connectivity index (χ4v) is 1.95. The quantitative estimate of drug-likeness (QED) is 0.788. The van der Waals surface area contributed by atoms with E-state index in [1.54, 1.807) is 0 Å². The largest absolute Gasteiger partial charge is 0.476 e. The van der Waals surface area contributed by atoms with Crippen LogP contribution in [0.5, 0.6) is 0 Å². The van der Waals surface area contributed by atoms with Crippen LogP contribution in [0.2, 0.25) is 0 Å². The van der Waals surface area contributed by atoms with Crippen molar-refractivity contribution in [3.05, 3.63) is 59.9 Å². The van der Waals surface area contributed by atoms with Gasteiger partial charge < -0.3 is 9.30 Å². The first-order chi connectivity index (χ1) is 8.42. The van der Waals surface area contributed by atoms with Crippen LogP contribution in [0.25, 0.3) is 0 Å². The van der Waals surface area contributed by atoms with Gasteiger partial charge in [-0.05, 0) is 29.8 Å². The molecule has 1 aromatic carbocycles. The SMILES string of the molecule is c1ccn(Cc2ccc(C3=NCCO3)cc2)c1. The predicted molar refractivity (Wildman–Crippen MR) is 67.3 cm³/mol. The van der Waals surface area contributed by atoms with E-state index in [-0.39, 0.29) is 0 Å². The zero-order valence-electron chi connectivity index (χ0n) is 9.54. The Hall–Kier alpha value is -2.03. The van der Waals surface area contributed by atoms with Gasteiger partial charge in [-0.25, -0.2) is 4.99 Å². The maximum Gasteiger partial charge on any atom is 0.216 e. The van der Waals surface area contributed by atoms with E-state index in [2.05, 4.69) is 46.2 Å². The Bertz CT molecular complexity index is 512. The molecule has 0 N–H and O–H groups in total. The average molecular weight is 226 g/mol. The van der Waals surface area contributed by atoms with E-state index in [1.165, 1.54) is 5.56 Å². The normalized spacial score (nSPS) is 14.5. The molecule has 1 aliphatic heterocycles. The molecular formula is C14H14N2O. The fraction of sp³-hybridized carbons (Fsp3) is 0.214. The van der Waals surface area contributed by atoms with Crippen molar-refractivity contribution < 1.29 is 4.74 Å². The topological polar surface area (TPSA) is 26.5 Å². The summed E-state index contributed by atoms with van der Waals surface area (Å²) in [5, 5.41) is 0. The Balaban J connectivity index is 1.76. The van der Waals surface area contributed by atoms with E-state index in [9.17, 15) is 0 Å². The molecule has 1 aliphatic rings. The van der Waals surface area contributed by atoms with Gasteiger partial charge >= 0.3 is 0 Å². The van der Waals surface area contributed by atoms with Gasteiger partial charge in [0.25, 0.3) is 0 Å². The van der Waals surface area contributed by atoms with E-state index in [1.807, 2.05) is 12.1 Å². The smallest absolute Gasteiger partial charge is 0.216 e. The lowest BCUT2D eigenvalue weighted by atomic mass is 10.1. The molecule has 3 heteroatoms. The molecule has 1 aromatic heterocycles. The summed E-state index contributed by atoms with van der Waals surface area (Å²) < 4.78 is 7.58. The van der Waals surface area contributed by atoms with Crippen LogP contribution in [0, 0.1) is 0 Å². The Kier molecular flexibility index (Phi) is 2.66. The summed E-state index contributed by atoms with van der Waals surface area (Å²) in [4.78, 5) is 4.30. The van der Waals surface area contributed by atoms with Gasteiger partial charge in [-0.2, -0.15) is 0 Å². The second-order valence-corrected chi connectivity index (χ2v) is 4.09. The van der Waals surface area contributed by atoms with Crippen LogP contribution in [-0.4, -0.2) is 23.6 Å². The highest BCUT2D eigenvalue weighted by Crippen LogP contribution is 2.10. The molecule has 0 amide bonds. The first-order valence-electron chi connectivity index (χ1n) is 5.79. The minimum atomic E-state index is 0.709. The fourth-order valence-electron chi connectivity index (χ4n) is 1.95. The molecule has 0 fully saturated rings. The summed E-state index contributed by atoms with van der Waals surface area (Å²) in [5.74, 6) is 0.775. The summed E-state index contributed by atoms with van der Waals surface area (Å²) in [5.41, 5.74) is 2.35. The second kappa shape index (κ2) is 4.45. The van der Waals surface area contributed by atoms with Gasteiger partial charge in [-0.15, -0.1) is 0 Å². The molecule has 0 radical (unpaired) electrons. The van der Waals surface area contributed by atoms with Gasteiger partial charge in [-0.1, -0.05) is 12.1 Å². The van der Waals surface area contributed by atoms with E-state index in [0.29, 0.717) is 6.61 Å². The van der Waals surface area contributed by atoms with Crippen LogP contribution < -0.4 is 0 Å². The van der Waals surface area contributed by atoms with Crippen LogP contribution >= 0.6 is 0 Å². The second-order valence-electron chi connectivity index (χ2n) is 4.09. The molecule has 17 heavy (non-hydrogen) atoms. The highest BCUT2D eigenvalue weighted by atomic mass is 16.5. The third kappa shape index (κ3) is 2.23. The highest BCUT2D eigenvalue weighted by Gasteiger charge is 2.09. The molecule has 0 aliphatic carbocycles. The summed E-state index contributed by atoms with van der Waals surface area (Å²) in [6.07, 6.45) is 4.14. The molecule has 3 nitrogen and oxygen atoms in total. The molecule has 0 unspecified atom stereocenters. The third-order valence-electron chi connectivity index (χ3n) is 2.82. The van der Waals surface area contributed by atoms with Gasteiger partial charge in [0.2, 0.25) is 5.90 Å². The van der Waals surface area contributed by atoms with E-state index in [4.69, 9.17) is 4.74 Å². The van der Waals surface area contributed by atoms with Crippen LogP contribution in [0.4, 0.5) is 0 Å². The van der Waals surface area contributed by atoms with E-state index >= 15 is 0 Å². The van der Waals surface area contributed by atoms with Crippen molar-refractivity contribution in [2.45, 2.75) is 6.54 Å². The van der Waals surface area contributed by atoms with Crippen molar-refractivity contribution in [2.24, 2.45) is 4.99 Å². The molecule has 0 saturated heterocycles. The van der Waals surface area contributed by atoms with Crippen molar-refractivity contribution >= 4 is 5.90 Å². The number of aromatic nitrogens is 1. The number of hydrogen-bond donors (Lipinski definition) is 0. The first-order valence-corrected chi connectivity index (χ1v) is 5.79. The van der Waals surface area contributed by atoms with E-state index in [0.717, 1.165) is 24.6 Å². The lowest BCUT2D eigenvalue weighted by Gasteiger charge is -2.05. The Labute approximate surface area is 100 Å². The predicted octanol–water partition coefficient (Wildman–Crippen LogP) is 2.31. The first kappa shape index (κ1) is 10.1. The highest BCUT2D eigenvalue weighted by molar-refractivity contribution is 5.94. The number of benzene rings is 1. The van der Waals surface area contributed by atoms with Crippen molar-refractivity contribution in [1.29, 1.82) is 0 Å². The summed E-state index contributed by atoms with van der Waals surface area (Å²) in [6, 6.07) is 12.5. The van der Waals surface area contributed by atoms with Crippen molar-refractivity contribution in [3.63, 3.8) is 0 Å².